The summed E-state index contributed by atoms with van der Waals surface area (Å²) >= 11 is 1.60. The van der Waals surface area contributed by atoms with Crippen LogP contribution >= 0.6 is 11.3 Å². The molecule has 7 heteroatoms. The van der Waals surface area contributed by atoms with Gasteiger partial charge in [-0.15, -0.1) is 11.3 Å². The highest BCUT2D eigenvalue weighted by atomic mass is 32.1. The molecular formula is C21H23FN4OS. The maximum atomic E-state index is 13.6. The normalized spacial score (nSPS) is 15.4. The smallest absolute Gasteiger partial charge is 0.236 e. The minimum atomic E-state index is -0.183. The zero-order valence-electron chi connectivity index (χ0n) is 15.7. The van der Waals surface area contributed by atoms with Gasteiger partial charge in [0.05, 0.1) is 11.4 Å². The van der Waals surface area contributed by atoms with E-state index < -0.39 is 0 Å². The minimum Gasteiger partial charge on any atom is -0.443 e. The molecule has 0 atom stereocenters. The average molecular weight is 399 g/mol. The number of nitrogens with one attached hydrogen (secondary N) is 2. The molecule has 1 aliphatic carbocycles. The van der Waals surface area contributed by atoms with Gasteiger partial charge in [0.15, 0.2) is 5.96 Å². The maximum absolute atomic E-state index is 13.6. The highest BCUT2D eigenvalue weighted by Gasteiger charge is 2.44. The van der Waals surface area contributed by atoms with Gasteiger partial charge in [-0.2, -0.15) is 0 Å². The Balaban J connectivity index is 1.40. The van der Waals surface area contributed by atoms with Gasteiger partial charge in [0.2, 0.25) is 5.89 Å². The van der Waals surface area contributed by atoms with E-state index in [1.54, 1.807) is 29.7 Å². The third-order valence-electron chi connectivity index (χ3n) is 4.91. The molecule has 1 aromatic carbocycles. The van der Waals surface area contributed by atoms with Crippen molar-refractivity contribution in [3.63, 3.8) is 0 Å². The summed E-state index contributed by atoms with van der Waals surface area (Å²) in [6.45, 7) is 3.94. The molecule has 1 saturated carbocycles. The first-order chi connectivity index (χ1) is 13.7. The van der Waals surface area contributed by atoms with E-state index in [0.29, 0.717) is 12.4 Å². The number of nitrogens with zero attached hydrogens (tertiary/aromatic N) is 2. The first-order valence-electron chi connectivity index (χ1n) is 9.45. The molecule has 0 saturated heterocycles. The van der Waals surface area contributed by atoms with Crippen LogP contribution in [0.3, 0.4) is 0 Å². The largest absolute Gasteiger partial charge is 0.443 e. The van der Waals surface area contributed by atoms with Crippen molar-refractivity contribution in [1.82, 2.24) is 15.6 Å². The summed E-state index contributed by atoms with van der Waals surface area (Å²) < 4.78 is 19.1. The van der Waals surface area contributed by atoms with Crippen LogP contribution in [0.15, 0.2) is 57.5 Å². The molecular weight excluding hydrogens is 375 g/mol. The summed E-state index contributed by atoms with van der Waals surface area (Å²) in [6, 6.07) is 10.9. The fourth-order valence-electron chi connectivity index (χ4n) is 3.18. The lowest BCUT2D eigenvalue weighted by atomic mass is 9.96. The van der Waals surface area contributed by atoms with Gasteiger partial charge in [-0.1, -0.05) is 18.2 Å². The van der Waals surface area contributed by atoms with Crippen molar-refractivity contribution in [2.24, 2.45) is 4.99 Å². The van der Waals surface area contributed by atoms with E-state index in [1.165, 1.54) is 6.07 Å². The molecule has 0 radical (unpaired) electrons. The molecule has 0 spiro atoms. The summed E-state index contributed by atoms with van der Waals surface area (Å²) in [5, 5.41) is 8.66. The van der Waals surface area contributed by atoms with Crippen molar-refractivity contribution in [3.05, 3.63) is 65.1 Å². The second-order valence-corrected chi connectivity index (χ2v) is 7.91. The maximum Gasteiger partial charge on any atom is 0.236 e. The summed E-state index contributed by atoms with van der Waals surface area (Å²) in [7, 11) is 0. The first kappa shape index (κ1) is 18.7. The Morgan fingerprint density at radius 1 is 1.29 bits per heavy atom. The number of oxazole rings is 1. The van der Waals surface area contributed by atoms with Gasteiger partial charge in [0.25, 0.3) is 0 Å². The van der Waals surface area contributed by atoms with Crippen molar-refractivity contribution in [3.8, 4) is 10.8 Å². The molecule has 3 aromatic rings. The summed E-state index contributed by atoms with van der Waals surface area (Å²) in [5.41, 5.74) is 1.83. The Morgan fingerprint density at radius 3 is 2.89 bits per heavy atom. The lowest BCUT2D eigenvalue weighted by Gasteiger charge is -2.19. The summed E-state index contributed by atoms with van der Waals surface area (Å²) in [4.78, 5) is 10.1. The molecule has 0 unspecified atom stereocenters. The summed E-state index contributed by atoms with van der Waals surface area (Å²) in [6.07, 6.45) is 3.75. The van der Waals surface area contributed by atoms with E-state index >= 15 is 0 Å². The van der Waals surface area contributed by atoms with Crippen molar-refractivity contribution < 1.29 is 8.81 Å². The van der Waals surface area contributed by atoms with Crippen LogP contribution in [-0.2, 0) is 12.0 Å². The van der Waals surface area contributed by atoms with Crippen molar-refractivity contribution >= 4 is 17.3 Å². The van der Waals surface area contributed by atoms with Gasteiger partial charge in [-0.05, 0) is 48.9 Å². The SMILES string of the molecule is CCNC(=NCc1coc(-c2cccs2)n1)NCC1(c2cccc(F)c2)CC1. The number of halogens is 1. The van der Waals surface area contributed by atoms with Crippen molar-refractivity contribution in [1.29, 1.82) is 0 Å². The molecule has 0 amide bonds. The molecule has 0 bridgehead atoms. The highest BCUT2D eigenvalue weighted by molar-refractivity contribution is 7.13. The van der Waals surface area contributed by atoms with Crippen molar-refractivity contribution in [2.75, 3.05) is 13.1 Å². The fourth-order valence-corrected chi connectivity index (χ4v) is 3.84. The Kier molecular flexibility index (Phi) is 5.43. The predicted molar refractivity (Wildman–Crippen MR) is 110 cm³/mol. The Morgan fingerprint density at radius 2 is 2.18 bits per heavy atom. The molecule has 146 valence electrons. The molecule has 28 heavy (non-hydrogen) atoms. The number of aliphatic imine (C=N–C) groups is 1. The highest BCUT2D eigenvalue weighted by Crippen LogP contribution is 2.47. The second-order valence-electron chi connectivity index (χ2n) is 6.96. The van der Waals surface area contributed by atoms with Crippen LogP contribution in [0.1, 0.15) is 31.0 Å². The quantitative estimate of drug-likeness (QED) is 0.459. The number of thiophene rings is 1. The predicted octanol–water partition coefficient (Wildman–Crippen LogP) is 4.33. The molecule has 2 heterocycles. The van der Waals surface area contributed by atoms with Crippen LogP contribution in [0.2, 0.25) is 0 Å². The molecule has 1 aliphatic rings. The van der Waals surface area contributed by atoms with Gasteiger partial charge in [-0.3, -0.25) is 0 Å². The van der Waals surface area contributed by atoms with Crippen molar-refractivity contribution in [2.45, 2.75) is 31.7 Å². The Labute approximate surface area is 167 Å². The molecule has 2 N–H and O–H groups in total. The third kappa shape index (κ3) is 4.25. The number of hydrogen-bond acceptors (Lipinski definition) is 4. The topological polar surface area (TPSA) is 62.5 Å². The molecule has 0 aliphatic heterocycles. The van der Waals surface area contributed by atoms with Gasteiger partial charge in [0, 0.05) is 18.5 Å². The first-order valence-corrected chi connectivity index (χ1v) is 10.3. The van der Waals surface area contributed by atoms with Crippen LogP contribution in [0, 0.1) is 5.82 Å². The molecule has 1 fully saturated rings. The lowest BCUT2D eigenvalue weighted by molar-refractivity contribution is 0.574. The number of guanidine groups is 1. The number of benzene rings is 1. The number of hydrogen-bond donors (Lipinski definition) is 2. The van der Waals surface area contributed by atoms with Gasteiger partial charge < -0.3 is 15.1 Å². The molecule has 2 aromatic heterocycles. The van der Waals surface area contributed by atoms with E-state index in [-0.39, 0.29) is 11.2 Å². The molecule has 4 rings (SSSR count). The van der Waals surface area contributed by atoms with Gasteiger partial charge in [0.1, 0.15) is 17.8 Å². The fraction of sp³-hybridized carbons (Fsp3) is 0.333. The Bertz CT molecular complexity index is 947. The number of aromatic nitrogens is 1. The van der Waals surface area contributed by atoms with Crippen LogP contribution in [0.5, 0.6) is 0 Å². The monoisotopic (exact) mass is 398 g/mol. The van der Waals surface area contributed by atoms with Gasteiger partial charge in [-0.25, -0.2) is 14.4 Å². The minimum absolute atomic E-state index is 0.00147. The Hall–Kier alpha value is -2.67. The van der Waals surface area contributed by atoms with Crippen LogP contribution < -0.4 is 10.6 Å². The van der Waals surface area contributed by atoms with E-state index in [0.717, 1.165) is 48.0 Å². The van der Waals surface area contributed by atoms with E-state index in [1.807, 2.05) is 30.5 Å². The lowest BCUT2D eigenvalue weighted by Crippen LogP contribution is -2.41. The van der Waals surface area contributed by atoms with E-state index in [9.17, 15) is 4.39 Å². The number of rotatable bonds is 7. The van der Waals surface area contributed by atoms with Crippen LogP contribution in [0.25, 0.3) is 10.8 Å². The van der Waals surface area contributed by atoms with E-state index in [2.05, 4.69) is 20.6 Å². The van der Waals surface area contributed by atoms with E-state index in [4.69, 9.17) is 4.42 Å². The standard InChI is InChI=1S/C21H23FN4OS/c1-2-23-20(24-12-17-13-27-19(26-17)18-7-4-10-28-18)25-14-21(8-9-21)15-5-3-6-16(22)11-15/h3-7,10-11,13H,2,8-9,12,14H2,1H3,(H2,23,24,25). The zero-order chi connectivity index (χ0) is 19.4. The van der Waals surface area contributed by atoms with Crippen LogP contribution in [-0.4, -0.2) is 24.0 Å². The van der Waals surface area contributed by atoms with Gasteiger partial charge >= 0.3 is 0 Å². The zero-order valence-corrected chi connectivity index (χ0v) is 16.6. The summed E-state index contributed by atoms with van der Waals surface area (Å²) in [5.74, 6) is 1.17. The third-order valence-corrected chi connectivity index (χ3v) is 5.77. The second kappa shape index (κ2) is 8.14. The van der Waals surface area contributed by atoms with Crippen LogP contribution in [0.4, 0.5) is 4.39 Å². The molecule has 5 nitrogen and oxygen atoms in total. The average Bonchev–Trinajstić information content (AvgIpc) is 3.08.